The molecule has 0 N–H and O–H groups in total. The van der Waals surface area contributed by atoms with E-state index >= 15 is 0 Å². The monoisotopic (exact) mass is 348 g/mol. The Morgan fingerprint density at radius 3 is 2.61 bits per heavy atom. The van der Waals surface area contributed by atoms with E-state index in [0.717, 1.165) is 11.3 Å². The Bertz CT molecular complexity index is 866. The van der Waals surface area contributed by atoms with Gasteiger partial charge in [0.25, 0.3) is 0 Å². The van der Waals surface area contributed by atoms with Crippen molar-refractivity contribution in [1.29, 1.82) is 0 Å². The van der Waals surface area contributed by atoms with Gasteiger partial charge in [0.2, 0.25) is 0 Å². The van der Waals surface area contributed by atoms with Gasteiger partial charge in [-0.05, 0) is 41.8 Å². The Morgan fingerprint density at radius 2 is 1.96 bits per heavy atom. The number of ether oxygens (including phenoxy) is 1. The second-order valence-electron chi connectivity index (χ2n) is 5.07. The molecule has 7 heteroatoms. The van der Waals surface area contributed by atoms with Crippen LogP contribution in [0.3, 0.4) is 0 Å². The number of hydrogen-bond donors (Lipinski definition) is 0. The lowest BCUT2D eigenvalue weighted by Gasteiger charge is -2.07. The molecule has 0 amide bonds. The zero-order chi connectivity index (χ0) is 16.3. The summed E-state index contributed by atoms with van der Waals surface area (Å²) in [5.41, 5.74) is 2.06. The highest BCUT2D eigenvalue weighted by Crippen LogP contribution is 2.20. The first-order chi connectivity index (χ1) is 11.0. The van der Waals surface area contributed by atoms with Crippen LogP contribution >= 0.6 is 11.3 Å². The molecule has 3 aromatic rings. The van der Waals surface area contributed by atoms with Crippen molar-refractivity contribution in [3.8, 4) is 17.0 Å². The lowest BCUT2D eigenvalue weighted by Crippen LogP contribution is -2.08. The highest BCUT2D eigenvalue weighted by molar-refractivity contribution is 7.90. The van der Waals surface area contributed by atoms with Crippen LogP contribution in [0.5, 0.6) is 5.75 Å². The highest BCUT2D eigenvalue weighted by atomic mass is 32.2. The van der Waals surface area contributed by atoms with E-state index in [0.29, 0.717) is 18.9 Å². The predicted octanol–water partition coefficient (Wildman–Crippen LogP) is 3.09. The van der Waals surface area contributed by atoms with Crippen LogP contribution in [-0.2, 0) is 16.4 Å². The van der Waals surface area contributed by atoms with Crippen LogP contribution in [-0.4, -0.2) is 31.1 Å². The largest absolute Gasteiger partial charge is 0.492 e. The quantitative estimate of drug-likeness (QED) is 0.687. The van der Waals surface area contributed by atoms with E-state index in [1.807, 2.05) is 28.4 Å². The molecule has 0 unspecified atom stereocenters. The Kier molecular flexibility index (Phi) is 4.49. The topological polar surface area (TPSA) is 61.2 Å². The maximum Gasteiger partial charge on any atom is 0.175 e. The van der Waals surface area contributed by atoms with Crippen LogP contribution in [0.4, 0.5) is 0 Å². The van der Waals surface area contributed by atoms with Crippen molar-refractivity contribution in [1.82, 2.24) is 9.78 Å². The first-order valence-corrected chi connectivity index (χ1v) is 9.85. The fourth-order valence-corrected chi connectivity index (χ4v) is 3.37. The number of sulfone groups is 1. The Hall–Kier alpha value is -2.12. The van der Waals surface area contributed by atoms with Crippen LogP contribution in [0, 0.1) is 0 Å². The molecule has 0 saturated carbocycles. The van der Waals surface area contributed by atoms with E-state index < -0.39 is 9.84 Å². The Morgan fingerprint density at radius 1 is 1.17 bits per heavy atom. The average molecular weight is 348 g/mol. The molecule has 0 fully saturated rings. The molecule has 2 heterocycles. The molecule has 0 aliphatic carbocycles. The van der Waals surface area contributed by atoms with Crippen molar-refractivity contribution >= 4 is 21.2 Å². The molecule has 0 aliphatic rings. The van der Waals surface area contributed by atoms with Gasteiger partial charge in [-0.2, -0.15) is 16.4 Å². The van der Waals surface area contributed by atoms with E-state index in [2.05, 4.69) is 10.5 Å². The summed E-state index contributed by atoms with van der Waals surface area (Å²) >= 11 is 1.64. The van der Waals surface area contributed by atoms with Crippen molar-refractivity contribution in [3.05, 3.63) is 53.4 Å². The zero-order valence-corrected chi connectivity index (χ0v) is 14.2. The minimum absolute atomic E-state index is 0.289. The van der Waals surface area contributed by atoms with E-state index in [-0.39, 0.29) is 4.90 Å². The summed E-state index contributed by atoms with van der Waals surface area (Å²) in [5.74, 6) is 0.641. The summed E-state index contributed by atoms with van der Waals surface area (Å²) < 4.78 is 30.2. The average Bonchev–Trinajstić information content (AvgIpc) is 3.18. The number of thiophene rings is 1. The molecule has 3 rings (SSSR count). The first-order valence-electron chi connectivity index (χ1n) is 7.01. The summed E-state index contributed by atoms with van der Waals surface area (Å²) in [6, 6.07) is 10.4. The van der Waals surface area contributed by atoms with Gasteiger partial charge in [0.1, 0.15) is 12.4 Å². The molecule has 1 aromatic carbocycles. The number of rotatable bonds is 6. The van der Waals surface area contributed by atoms with Gasteiger partial charge in [-0.1, -0.05) is 0 Å². The lowest BCUT2D eigenvalue weighted by molar-refractivity contribution is 0.291. The summed E-state index contributed by atoms with van der Waals surface area (Å²) in [6.07, 6.45) is 3.11. The lowest BCUT2D eigenvalue weighted by atomic mass is 10.2. The number of nitrogens with zero attached hydrogens (tertiary/aromatic N) is 2. The van der Waals surface area contributed by atoms with Gasteiger partial charge >= 0.3 is 0 Å². The predicted molar refractivity (Wildman–Crippen MR) is 90.6 cm³/mol. The van der Waals surface area contributed by atoms with Gasteiger partial charge in [-0.15, -0.1) is 0 Å². The zero-order valence-electron chi connectivity index (χ0n) is 12.5. The molecule has 0 bridgehead atoms. The number of aromatic nitrogens is 2. The third-order valence-corrected chi connectivity index (χ3v) is 5.11. The van der Waals surface area contributed by atoms with E-state index in [1.165, 1.54) is 6.26 Å². The number of hydrogen-bond acceptors (Lipinski definition) is 5. The molecule has 120 valence electrons. The standard InChI is InChI=1S/C16H16N2O3S2/c1-23(19,20)15-4-2-14(3-5-15)21-10-9-18-8-6-16(17-18)13-7-11-22-12-13/h2-8,11-12H,9-10H2,1H3. The second-order valence-corrected chi connectivity index (χ2v) is 7.86. The molecule has 0 aliphatic heterocycles. The molecule has 2 aromatic heterocycles. The molecule has 0 saturated heterocycles. The van der Waals surface area contributed by atoms with E-state index in [4.69, 9.17) is 4.74 Å². The first kappa shape index (κ1) is 15.8. The molecule has 0 radical (unpaired) electrons. The minimum atomic E-state index is -3.17. The van der Waals surface area contributed by atoms with Gasteiger partial charge in [0.05, 0.1) is 17.1 Å². The van der Waals surface area contributed by atoms with Crippen molar-refractivity contribution in [3.63, 3.8) is 0 Å². The summed E-state index contributed by atoms with van der Waals surface area (Å²) in [7, 11) is -3.17. The molecule has 5 nitrogen and oxygen atoms in total. The van der Waals surface area contributed by atoms with Crippen molar-refractivity contribution in [2.24, 2.45) is 0 Å². The smallest absolute Gasteiger partial charge is 0.175 e. The summed E-state index contributed by atoms with van der Waals surface area (Å²) in [6.45, 7) is 1.08. The van der Waals surface area contributed by atoms with Crippen LogP contribution in [0.1, 0.15) is 0 Å². The normalized spacial score (nSPS) is 11.5. The maximum atomic E-state index is 11.4. The maximum absolute atomic E-state index is 11.4. The third kappa shape index (κ3) is 4.00. The molecule has 0 atom stereocenters. The SMILES string of the molecule is CS(=O)(=O)c1ccc(OCCn2ccc(-c3ccsc3)n2)cc1. The fourth-order valence-electron chi connectivity index (χ4n) is 2.09. The number of benzene rings is 1. The van der Waals surface area contributed by atoms with Crippen LogP contribution < -0.4 is 4.74 Å². The summed E-state index contributed by atoms with van der Waals surface area (Å²) in [5, 5.41) is 8.58. The highest BCUT2D eigenvalue weighted by Gasteiger charge is 2.06. The molecular weight excluding hydrogens is 332 g/mol. The van der Waals surface area contributed by atoms with Crippen LogP contribution in [0.2, 0.25) is 0 Å². The third-order valence-electron chi connectivity index (χ3n) is 3.30. The summed E-state index contributed by atoms with van der Waals surface area (Å²) in [4.78, 5) is 0.289. The minimum Gasteiger partial charge on any atom is -0.492 e. The Labute approximate surface area is 139 Å². The van der Waals surface area contributed by atoms with E-state index in [9.17, 15) is 8.42 Å². The van der Waals surface area contributed by atoms with Crippen molar-refractivity contribution < 1.29 is 13.2 Å². The van der Waals surface area contributed by atoms with Crippen LogP contribution in [0.15, 0.2) is 58.3 Å². The molecule has 23 heavy (non-hydrogen) atoms. The van der Waals surface area contributed by atoms with Gasteiger partial charge in [-0.25, -0.2) is 8.42 Å². The van der Waals surface area contributed by atoms with E-state index in [1.54, 1.807) is 35.6 Å². The van der Waals surface area contributed by atoms with Gasteiger partial charge in [0, 0.05) is 23.4 Å². The van der Waals surface area contributed by atoms with Crippen LogP contribution in [0.25, 0.3) is 11.3 Å². The van der Waals surface area contributed by atoms with Gasteiger partial charge in [0.15, 0.2) is 9.84 Å². The van der Waals surface area contributed by atoms with Crippen molar-refractivity contribution in [2.75, 3.05) is 12.9 Å². The molecular formula is C16H16N2O3S2. The van der Waals surface area contributed by atoms with Gasteiger partial charge < -0.3 is 4.74 Å². The van der Waals surface area contributed by atoms with Crippen molar-refractivity contribution in [2.45, 2.75) is 11.4 Å². The Balaban J connectivity index is 1.55. The van der Waals surface area contributed by atoms with Gasteiger partial charge in [-0.3, -0.25) is 4.68 Å². The second kappa shape index (κ2) is 6.55. The molecule has 0 spiro atoms. The fraction of sp³-hybridized carbons (Fsp3) is 0.188.